The van der Waals surface area contributed by atoms with Gasteiger partial charge in [-0.1, -0.05) is 18.2 Å². The molecule has 0 unspecified atom stereocenters. The molecule has 2 aromatic carbocycles. The van der Waals surface area contributed by atoms with Crippen LogP contribution in [0.4, 0.5) is 8.78 Å². The normalized spacial score (nSPS) is 26.2. The van der Waals surface area contributed by atoms with Gasteiger partial charge in [0.15, 0.2) is 0 Å². The van der Waals surface area contributed by atoms with Crippen molar-refractivity contribution in [2.24, 2.45) is 5.92 Å². The molecule has 3 saturated carbocycles. The molecule has 0 saturated heterocycles. The standard InChI is InChI=1S/C27H26F2N2O2/c1-2-33-23(32)8-7-16-11-20(28)24(21(29)12-16)26-25-19(18-5-3-4-6-22(18)30-25)9-10-31(26)27-13-17(14-27)15-27/h3-8,11-12,17,26,30H,2,9-10,13-15H2,1H3/b8-7+/t17?,26-,27?/m1/s1. The van der Waals surface area contributed by atoms with Crippen molar-refractivity contribution < 1.29 is 18.3 Å². The highest BCUT2D eigenvalue weighted by atomic mass is 19.1. The summed E-state index contributed by atoms with van der Waals surface area (Å²) in [5.74, 6) is -0.953. The third-order valence-electron chi connectivity index (χ3n) is 7.72. The predicted octanol–water partition coefficient (Wildman–Crippen LogP) is 5.52. The molecule has 7 rings (SSSR count). The number of halogens is 2. The topological polar surface area (TPSA) is 45.3 Å². The fourth-order valence-electron chi connectivity index (χ4n) is 6.15. The van der Waals surface area contributed by atoms with E-state index in [1.807, 2.05) is 18.2 Å². The maximum absolute atomic E-state index is 15.6. The number of H-pyrrole nitrogens is 1. The number of aromatic amines is 1. The highest BCUT2D eigenvalue weighted by Gasteiger charge is 2.62. The largest absolute Gasteiger partial charge is 0.463 e. The van der Waals surface area contributed by atoms with Crippen LogP contribution in [-0.2, 0) is 16.0 Å². The van der Waals surface area contributed by atoms with Gasteiger partial charge in [0.25, 0.3) is 0 Å². The molecular formula is C27H26F2N2O2. The fourth-order valence-corrected chi connectivity index (χ4v) is 6.15. The Morgan fingerprint density at radius 3 is 2.61 bits per heavy atom. The molecular weight excluding hydrogens is 422 g/mol. The molecule has 4 aliphatic rings. The lowest BCUT2D eigenvalue weighted by molar-refractivity contribution is -0.159. The molecule has 2 heterocycles. The Kier molecular flexibility index (Phi) is 4.70. The van der Waals surface area contributed by atoms with Gasteiger partial charge in [-0.2, -0.15) is 0 Å². The van der Waals surface area contributed by atoms with E-state index in [1.54, 1.807) is 6.92 Å². The van der Waals surface area contributed by atoms with E-state index in [9.17, 15) is 4.79 Å². The van der Waals surface area contributed by atoms with Crippen molar-refractivity contribution in [3.05, 3.63) is 76.5 Å². The second-order valence-corrected chi connectivity index (χ2v) is 9.60. The third kappa shape index (κ3) is 3.15. The molecule has 33 heavy (non-hydrogen) atoms. The average molecular weight is 449 g/mol. The summed E-state index contributed by atoms with van der Waals surface area (Å²) in [6.07, 6.45) is 6.80. The molecule has 1 N–H and O–H groups in total. The first-order chi connectivity index (χ1) is 16.0. The van der Waals surface area contributed by atoms with Crippen LogP contribution >= 0.6 is 0 Å². The molecule has 6 heteroatoms. The molecule has 1 aliphatic heterocycles. The lowest BCUT2D eigenvalue weighted by atomic mass is 9.48. The molecule has 3 aliphatic carbocycles. The van der Waals surface area contributed by atoms with Crippen LogP contribution < -0.4 is 0 Å². The summed E-state index contributed by atoms with van der Waals surface area (Å²) in [7, 11) is 0. The molecule has 3 fully saturated rings. The van der Waals surface area contributed by atoms with Gasteiger partial charge in [-0.3, -0.25) is 4.90 Å². The summed E-state index contributed by atoms with van der Waals surface area (Å²) in [4.78, 5) is 17.5. The van der Waals surface area contributed by atoms with Gasteiger partial charge in [-0.25, -0.2) is 13.6 Å². The SMILES string of the molecule is CCOC(=O)/C=C/c1cc(F)c([C@@H]2c3[nH]c4ccccc4c3CCN2C23CC(C2)C3)c(F)c1. The number of hydrogen-bond acceptors (Lipinski definition) is 3. The Balaban J connectivity index is 1.45. The van der Waals surface area contributed by atoms with Crippen LogP contribution in [-0.4, -0.2) is 34.5 Å². The molecule has 4 nitrogen and oxygen atoms in total. The van der Waals surface area contributed by atoms with Gasteiger partial charge < -0.3 is 9.72 Å². The minimum absolute atomic E-state index is 0.0612. The Morgan fingerprint density at radius 1 is 1.21 bits per heavy atom. The van der Waals surface area contributed by atoms with Crippen LogP contribution in [0.15, 0.2) is 42.5 Å². The first kappa shape index (κ1) is 20.6. The van der Waals surface area contributed by atoms with Gasteiger partial charge in [0.05, 0.1) is 12.6 Å². The molecule has 3 aromatic rings. The third-order valence-corrected chi connectivity index (χ3v) is 7.72. The zero-order chi connectivity index (χ0) is 22.7. The van der Waals surface area contributed by atoms with E-state index in [0.29, 0.717) is 5.56 Å². The van der Waals surface area contributed by atoms with E-state index < -0.39 is 23.6 Å². The van der Waals surface area contributed by atoms with Gasteiger partial charge in [0.2, 0.25) is 0 Å². The maximum Gasteiger partial charge on any atom is 0.330 e. The van der Waals surface area contributed by atoms with Crippen molar-refractivity contribution in [2.45, 2.75) is 44.2 Å². The van der Waals surface area contributed by atoms with Gasteiger partial charge in [-0.15, -0.1) is 0 Å². The van der Waals surface area contributed by atoms with E-state index in [4.69, 9.17) is 4.74 Å². The van der Waals surface area contributed by atoms with Crippen molar-refractivity contribution in [1.29, 1.82) is 0 Å². The van der Waals surface area contributed by atoms with Crippen LogP contribution in [0.5, 0.6) is 0 Å². The summed E-state index contributed by atoms with van der Waals surface area (Å²) >= 11 is 0. The molecule has 0 spiro atoms. The van der Waals surface area contributed by atoms with Gasteiger partial charge >= 0.3 is 5.97 Å². The Bertz CT molecular complexity index is 1250. The first-order valence-electron chi connectivity index (χ1n) is 11.7. The number of carbonyl (C=O) groups is 1. The lowest BCUT2D eigenvalue weighted by Crippen LogP contribution is -2.69. The van der Waals surface area contributed by atoms with Crippen molar-refractivity contribution in [2.75, 3.05) is 13.2 Å². The van der Waals surface area contributed by atoms with Crippen LogP contribution in [0.2, 0.25) is 0 Å². The summed E-state index contributed by atoms with van der Waals surface area (Å²) in [6.45, 7) is 2.74. The summed E-state index contributed by atoms with van der Waals surface area (Å²) in [5, 5.41) is 1.13. The second-order valence-electron chi connectivity index (χ2n) is 9.60. The number of hydrogen-bond donors (Lipinski definition) is 1. The Hall–Kier alpha value is -2.99. The number of para-hydroxylation sites is 1. The quantitative estimate of drug-likeness (QED) is 0.413. The van der Waals surface area contributed by atoms with Gasteiger partial charge in [0.1, 0.15) is 11.6 Å². The maximum atomic E-state index is 15.6. The van der Waals surface area contributed by atoms with Crippen molar-refractivity contribution in [3.8, 4) is 0 Å². The number of esters is 1. The van der Waals surface area contributed by atoms with Crippen LogP contribution in [0.3, 0.4) is 0 Å². The highest BCUT2D eigenvalue weighted by Crippen LogP contribution is 2.63. The van der Waals surface area contributed by atoms with E-state index in [1.165, 1.54) is 24.3 Å². The number of carbonyl (C=O) groups excluding carboxylic acids is 1. The summed E-state index contributed by atoms with van der Waals surface area (Å²) in [5.41, 5.74) is 3.50. The number of aromatic nitrogens is 1. The molecule has 0 amide bonds. The first-order valence-corrected chi connectivity index (χ1v) is 11.7. The Labute approximate surface area is 191 Å². The van der Waals surface area contributed by atoms with E-state index in [2.05, 4.69) is 16.0 Å². The summed E-state index contributed by atoms with van der Waals surface area (Å²) < 4.78 is 36.0. The molecule has 2 bridgehead atoms. The molecule has 170 valence electrons. The van der Waals surface area contributed by atoms with E-state index in [0.717, 1.165) is 60.3 Å². The van der Waals surface area contributed by atoms with Crippen molar-refractivity contribution in [1.82, 2.24) is 9.88 Å². The van der Waals surface area contributed by atoms with Crippen LogP contribution in [0, 0.1) is 17.6 Å². The van der Waals surface area contributed by atoms with Crippen LogP contribution in [0.1, 0.15) is 54.6 Å². The zero-order valence-corrected chi connectivity index (χ0v) is 18.5. The van der Waals surface area contributed by atoms with Crippen molar-refractivity contribution in [3.63, 3.8) is 0 Å². The smallest absolute Gasteiger partial charge is 0.330 e. The minimum Gasteiger partial charge on any atom is -0.463 e. The van der Waals surface area contributed by atoms with Gasteiger partial charge in [0, 0.05) is 40.3 Å². The highest BCUT2D eigenvalue weighted by molar-refractivity contribution is 5.87. The van der Waals surface area contributed by atoms with Crippen molar-refractivity contribution >= 4 is 22.9 Å². The number of nitrogens with one attached hydrogen (secondary N) is 1. The molecule has 1 aromatic heterocycles. The molecule has 1 atom stereocenters. The summed E-state index contributed by atoms with van der Waals surface area (Å²) in [6, 6.07) is 10.2. The number of ether oxygens (including phenoxy) is 1. The number of rotatable bonds is 5. The number of benzene rings is 2. The number of nitrogens with zero attached hydrogens (tertiary/aromatic N) is 1. The van der Waals surface area contributed by atoms with Gasteiger partial charge in [-0.05, 0) is 73.9 Å². The second kappa shape index (κ2) is 7.52. The zero-order valence-electron chi connectivity index (χ0n) is 18.5. The van der Waals surface area contributed by atoms with E-state index in [-0.39, 0.29) is 17.7 Å². The monoisotopic (exact) mass is 448 g/mol. The average Bonchev–Trinajstić information content (AvgIpc) is 3.10. The minimum atomic E-state index is -0.591. The fraction of sp³-hybridized carbons (Fsp3) is 0.370. The number of fused-ring (bicyclic) bond motifs is 3. The lowest BCUT2D eigenvalue weighted by Gasteiger charge is -2.68. The predicted molar refractivity (Wildman–Crippen MR) is 123 cm³/mol. The molecule has 0 radical (unpaired) electrons. The van der Waals surface area contributed by atoms with Crippen LogP contribution in [0.25, 0.3) is 17.0 Å². The Morgan fingerprint density at radius 2 is 1.94 bits per heavy atom. The van der Waals surface area contributed by atoms with E-state index >= 15 is 8.78 Å².